The smallest absolute Gasteiger partial charge is 0.344 e. The number of benzene rings is 2. The van der Waals surface area contributed by atoms with Gasteiger partial charge in [0.2, 0.25) is 11.8 Å². The molecule has 14 heteroatoms. The fraction of sp³-hybridized carbons (Fsp3) is 0.250. The number of rotatable bonds is 7. The molecule has 0 spiro atoms. The maximum Gasteiger partial charge on any atom is 0.344 e. The summed E-state index contributed by atoms with van der Waals surface area (Å²) in [5.41, 5.74) is 0.445. The molecular weight excluding hydrogens is 558 g/mol. The highest BCUT2D eigenvalue weighted by Gasteiger charge is 2.57. The second-order valence-corrected chi connectivity index (χ2v) is 10.9. The fourth-order valence-electron chi connectivity index (χ4n) is 4.56. The standard InChI is InChI=1S/C24H18ClN3O8S2/c1-2-35-16(29)10-36-15-8-3-11(25)9-14(15)17-18-20(37-21-19(17)38-24(32)26-21)23(31)27(22(18)30)12-4-6-13(7-5-12)28(33)34/h3-9,17-18,20H,2,10H2,1H3,(H,26,32). The topological polar surface area (TPSA) is 149 Å². The quantitative estimate of drug-likeness (QED) is 0.192. The Morgan fingerprint density at radius 3 is 2.58 bits per heavy atom. The van der Waals surface area contributed by atoms with E-state index in [0.29, 0.717) is 20.5 Å². The van der Waals surface area contributed by atoms with Gasteiger partial charge in [-0.2, -0.15) is 0 Å². The number of hydrogen-bond donors (Lipinski definition) is 1. The molecule has 0 radical (unpaired) electrons. The third-order valence-corrected chi connectivity index (χ3v) is 8.74. The third-order valence-electron chi connectivity index (χ3n) is 6.10. The highest BCUT2D eigenvalue weighted by Crippen LogP contribution is 2.54. The van der Waals surface area contributed by atoms with Gasteiger partial charge in [0.25, 0.3) is 5.69 Å². The van der Waals surface area contributed by atoms with Crippen molar-refractivity contribution < 1.29 is 28.8 Å². The number of fused-ring (bicyclic) bond motifs is 2. The predicted octanol–water partition coefficient (Wildman–Crippen LogP) is 3.74. The molecular formula is C24H18ClN3O8S2. The Balaban J connectivity index is 1.59. The molecule has 11 nitrogen and oxygen atoms in total. The number of hydrogen-bond acceptors (Lipinski definition) is 10. The van der Waals surface area contributed by atoms with Crippen LogP contribution in [0.4, 0.5) is 11.4 Å². The number of aromatic amines is 1. The van der Waals surface area contributed by atoms with Crippen LogP contribution in [0.5, 0.6) is 5.75 Å². The third kappa shape index (κ3) is 4.57. The zero-order valence-corrected chi connectivity index (χ0v) is 21.9. The van der Waals surface area contributed by atoms with Crippen LogP contribution in [-0.4, -0.2) is 46.2 Å². The number of anilines is 1. The van der Waals surface area contributed by atoms with Crippen molar-refractivity contribution in [2.45, 2.75) is 23.1 Å². The van der Waals surface area contributed by atoms with Gasteiger partial charge in [-0.3, -0.25) is 24.5 Å². The van der Waals surface area contributed by atoms with Gasteiger partial charge in [-0.05, 0) is 37.3 Å². The number of carbonyl (C=O) groups excluding carboxylic acids is 3. The number of nitro groups is 1. The summed E-state index contributed by atoms with van der Waals surface area (Å²) in [4.78, 5) is 66.1. The molecule has 1 fully saturated rings. The SMILES string of the molecule is CCOC(=O)COc1ccc(Cl)cc1C1c2sc(=O)[nH]c2SC2C(=O)N(c3ccc([N+](=O)[O-])cc3)C(=O)C21. The van der Waals surface area contributed by atoms with Crippen molar-refractivity contribution in [2.24, 2.45) is 5.92 Å². The van der Waals surface area contributed by atoms with E-state index < -0.39 is 46.4 Å². The van der Waals surface area contributed by atoms with Gasteiger partial charge in [0.1, 0.15) is 11.0 Å². The Kier molecular flexibility index (Phi) is 6.99. The number of amides is 2. The van der Waals surface area contributed by atoms with Crippen LogP contribution in [0.2, 0.25) is 5.02 Å². The second kappa shape index (κ2) is 10.2. The first-order valence-electron chi connectivity index (χ1n) is 11.3. The van der Waals surface area contributed by atoms with Gasteiger partial charge in [0.05, 0.1) is 28.2 Å². The van der Waals surface area contributed by atoms with Crippen molar-refractivity contribution in [3.63, 3.8) is 0 Å². The Morgan fingerprint density at radius 1 is 1.16 bits per heavy atom. The minimum absolute atomic E-state index is 0.176. The highest BCUT2D eigenvalue weighted by atomic mass is 35.5. The molecule has 3 heterocycles. The van der Waals surface area contributed by atoms with E-state index in [9.17, 15) is 29.3 Å². The van der Waals surface area contributed by atoms with Crippen LogP contribution in [0.1, 0.15) is 23.3 Å². The van der Waals surface area contributed by atoms with Crippen molar-refractivity contribution in [1.29, 1.82) is 0 Å². The highest BCUT2D eigenvalue weighted by molar-refractivity contribution is 8.00. The van der Waals surface area contributed by atoms with Crippen LogP contribution in [0.15, 0.2) is 52.3 Å². The van der Waals surface area contributed by atoms with Gasteiger partial charge in [-0.25, -0.2) is 9.69 Å². The minimum atomic E-state index is -0.940. The maximum atomic E-state index is 13.8. The summed E-state index contributed by atoms with van der Waals surface area (Å²) in [5.74, 6) is -3.12. The van der Waals surface area contributed by atoms with Gasteiger partial charge in [-0.1, -0.05) is 34.7 Å². The number of esters is 1. The number of nitrogens with one attached hydrogen (secondary N) is 1. The number of H-pyrrole nitrogens is 1. The first kappa shape index (κ1) is 25.9. The van der Waals surface area contributed by atoms with E-state index in [1.807, 2.05) is 0 Å². The number of nitrogens with zero attached hydrogens (tertiary/aromatic N) is 2. The van der Waals surface area contributed by atoms with Crippen molar-refractivity contribution in [3.8, 4) is 5.75 Å². The lowest BCUT2D eigenvalue weighted by Crippen LogP contribution is -2.32. The van der Waals surface area contributed by atoms with E-state index in [0.717, 1.165) is 28.0 Å². The summed E-state index contributed by atoms with van der Waals surface area (Å²) in [6.07, 6.45) is 0. The van der Waals surface area contributed by atoms with Gasteiger partial charge in [0.15, 0.2) is 6.61 Å². The molecule has 0 saturated carbocycles. The number of nitro benzene ring substituents is 1. The number of halogens is 1. The van der Waals surface area contributed by atoms with Crippen LogP contribution in [0.25, 0.3) is 0 Å². The zero-order chi connectivity index (χ0) is 27.1. The number of thioether (sulfide) groups is 1. The van der Waals surface area contributed by atoms with Crippen molar-refractivity contribution in [2.75, 3.05) is 18.1 Å². The van der Waals surface area contributed by atoms with E-state index in [-0.39, 0.29) is 28.6 Å². The summed E-state index contributed by atoms with van der Waals surface area (Å²) in [6.45, 7) is 1.45. The van der Waals surface area contributed by atoms with Gasteiger partial charge in [-0.15, -0.1) is 0 Å². The molecule has 1 aromatic heterocycles. The molecule has 38 heavy (non-hydrogen) atoms. The monoisotopic (exact) mass is 575 g/mol. The molecule has 5 rings (SSSR count). The van der Waals surface area contributed by atoms with Crippen LogP contribution >= 0.6 is 34.7 Å². The zero-order valence-electron chi connectivity index (χ0n) is 19.5. The van der Waals surface area contributed by atoms with Crippen molar-refractivity contribution in [3.05, 3.63) is 77.7 Å². The molecule has 1 N–H and O–H groups in total. The van der Waals surface area contributed by atoms with Gasteiger partial charge in [0, 0.05) is 33.5 Å². The first-order chi connectivity index (χ1) is 18.2. The van der Waals surface area contributed by atoms with Crippen LogP contribution in [-0.2, 0) is 19.1 Å². The Labute approximate surface area is 227 Å². The number of thiazole rings is 1. The number of non-ortho nitro benzene ring substituents is 1. The molecule has 1 saturated heterocycles. The average Bonchev–Trinajstić information content (AvgIpc) is 3.37. The molecule has 3 unspecified atom stereocenters. The molecule has 2 aromatic carbocycles. The molecule has 2 aliphatic rings. The Morgan fingerprint density at radius 2 is 1.89 bits per heavy atom. The molecule has 0 bridgehead atoms. The van der Waals surface area contributed by atoms with E-state index in [1.165, 1.54) is 24.3 Å². The normalized spacial score (nSPS) is 20.2. The molecule has 3 atom stereocenters. The van der Waals surface area contributed by atoms with Crippen LogP contribution in [0, 0.1) is 16.0 Å². The number of carbonyl (C=O) groups is 3. The summed E-state index contributed by atoms with van der Waals surface area (Å²) >= 11 is 8.32. The molecule has 196 valence electrons. The Hall–Kier alpha value is -3.68. The summed E-state index contributed by atoms with van der Waals surface area (Å²) < 4.78 is 10.7. The number of aromatic nitrogens is 1. The van der Waals surface area contributed by atoms with Gasteiger partial charge >= 0.3 is 10.8 Å². The first-order valence-corrected chi connectivity index (χ1v) is 13.4. The predicted molar refractivity (Wildman–Crippen MR) is 139 cm³/mol. The largest absolute Gasteiger partial charge is 0.482 e. The lowest BCUT2D eigenvalue weighted by molar-refractivity contribution is -0.384. The van der Waals surface area contributed by atoms with E-state index in [1.54, 1.807) is 25.1 Å². The molecule has 2 aliphatic heterocycles. The molecule has 0 aliphatic carbocycles. The van der Waals surface area contributed by atoms with E-state index in [4.69, 9.17) is 21.1 Å². The summed E-state index contributed by atoms with van der Waals surface area (Å²) in [5, 5.41) is 10.9. The van der Waals surface area contributed by atoms with Crippen molar-refractivity contribution >= 4 is 63.9 Å². The minimum Gasteiger partial charge on any atom is -0.482 e. The number of ether oxygens (including phenoxy) is 2. The summed E-state index contributed by atoms with van der Waals surface area (Å²) in [7, 11) is 0. The average molecular weight is 576 g/mol. The molecule has 3 aromatic rings. The lowest BCUT2D eigenvalue weighted by Gasteiger charge is -2.31. The lowest BCUT2D eigenvalue weighted by atomic mass is 9.82. The van der Waals surface area contributed by atoms with E-state index >= 15 is 0 Å². The van der Waals surface area contributed by atoms with Gasteiger partial charge < -0.3 is 14.5 Å². The summed E-state index contributed by atoms with van der Waals surface area (Å²) in [6, 6.07) is 9.82. The van der Waals surface area contributed by atoms with E-state index in [2.05, 4.69) is 4.98 Å². The van der Waals surface area contributed by atoms with Crippen molar-refractivity contribution in [1.82, 2.24) is 4.98 Å². The van der Waals surface area contributed by atoms with Crippen LogP contribution < -0.4 is 14.5 Å². The second-order valence-electron chi connectivity index (χ2n) is 8.31. The van der Waals surface area contributed by atoms with Crippen LogP contribution in [0.3, 0.4) is 0 Å². The molecule has 2 amide bonds. The maximum absolute atomic E-state index is 13.8. The number of imide groups is 1. The Bertz CT molecular complexity index is 1520. The fourth-order valence-corrected chi connectivity index (χ4v) is 7.25.